The number of halogens is 2. The van der Waals surface area contributed by atoms with Gasteiger partial charge in [0.25, 0.3) is 0 Å². The number of nitrogens with zero attached hydrogens (tertiary/aromatic N) is 5. The molecule has 2 aromatic carbocycles. The number of hydrogen-bond donors (Lipinski definition) is 1. The van der Waals surface area contributed by atoms with Gasteiger partial charge in [-0.3, -0.25) is 14.7 Å². The number of carbonyl (C=O) groups excluding carboxylic acids is 1. The van der Waals surface area contributed by atoms with Crippen LogP contribution in [0.5, 0.6) is 0 Å². The summed E-state index contributed by atoms with van der Waals surface area (Å²) in [7, 11) is 0. The minimum Gasteiger partial charge on any atom is -0.352 e. The minimum atomic E-state index is -0.990. The third-order valence-electron chi connectivity index (χ3n) is 6.08. The van der Waals surface area contributed by atoms with Crippen LogP contribution in [0, 0.1) is 11.6 Å². The van der Waals surface area contributed by atoms with E-state index in [2.05, 4.69) is 37.5 Å². The molecule has 1 saturated heterocycles. The lowest BCUT2D eigenvalue weighted by Gasteiger charge is -2.35. The van der Waals surface area contributed by atoms with Gasteiger partial charge in [-0.1, -0.05) is 30.3 Å². The summed E-state index contributed by atoms with van der Waals surface area (Å²) in [5.41, 5.74) is 2.22. The molecule has 9 heteroatoms. The Hall–Kier alpha value is -3.98. The highest BCUT2D eigenvalue weighted by molar-refractivity contribution is 5.94. The minimum absolute atomic E-state index is 0.170. The molecule has 5 rings (SSSR count). The Morgan fingerprint density at radius 1 is 0.914 bits per heavy atom. The van der Waals surface area contributed by atoms with E-state index in [-0.39, 0.29) is 18.1 Å². The molecule has 178 valence electrons. The predicted molar refractivity (Wildman–Crippen MR) is 130 cm³/mol. The Kier molecular flexibility index (Phi) is 6.58. The number of pyridine rings is 1. The van der Waals surface area contributed by atoms with Crippen LogP contribution in [0.2, 0.25) is 0 Å². The van der Waals surface area contributed by atoms with E-state index in [1.807, 2.05) is 35.4 Å². The van der Waals surface area contributed by atoms with Gasteiger partial charge in [-0.25, -0.2) is 8.78 Å². The molecule has 1 aliphatic rings. The van der Waals surface area contributed by atoms with Gasteiger partial charge < -0.3 is 10.2 Å². The molecule has 1 amide bonds. The van der Waals surface area contributed by atoms with Crippen LogP contribution < -0.4 is 10.2 Å². The zero-order chi connectivity index (χ0) is 24.2. The van der Waals surface area contributed by atoms with Crippen LogP contribution in [0.15, 0.2) is 67.0 Å². The van der Waals surface area contributed by atoms with Crippen molar-refractivity contribution in [3.8, 4) is 0 Å². The highest BCUT2D eigenvalue weighted by Crippen LogP contribution is 2.27. The Labute approximate surface area is 201 Å². The zero-order valence-electron chi connectivity index (χ0n) is 19.0. The molecular weight excluding hydrogens is 450 g/mol. The summed E-state index contributed by atoms with van der Waals surface area (Å²) in [6.07, 6.45) is 4.25. The number of nitrogens with one attached hydrogen (secondary N) is 1. The molecule has 0 atom stereocenters. The van der Waals surface area contributed by atoms with Crippen LogP contribution in [-0.4, -0.2) is 58.7 Å². The summed E-state index contributed by atoms with van der Waals surface area (Å²) in [5.74, 6) is -1.37. The lowest BCUT2D eigenvalue weighted by atomic mass is 10.0. The first-order valence-corrected chi connectivity index (χ1v) is 11.4. The van der Waals surface area contributed by atoms with E-state index in [1.165, 1.54) is 6.07 Å². The summed E-state index contributed by atoms with van der Waals surface area (Å²) < 4.78 is 26.5. The summed E-state index contributed by atoms with van der Waals surface area (Å²) in [4.78, 5) is 20.8. The first-order valence-electron chi connectivity index (χ1n) is 11.4. The van der Waals surface area contributed by atoms with E-state index < -0.39 is 11.6 Å². The van der Waals surface area contributed by atoms with Crippen LogP contribution in [-0.2, 0) is 11.2 Å². The molecule has 1 N–H and O–H groups in total. The highest BCUT2D eigenvalue weighted by Gasteiger charge is 2.22. The third-order valence-corrected chi connectivity index (χ3v) is 6.08. The van der Waals surface area contributed by atoms with Gasteiger partial charge in [0.1, 0.15) is 0 Å². The normalized spacial score (nSPS) is 14.3. The van der Waals surface area contributed by atoms with Gasteiger partial charge in [-0.05, 0) is 23.8 Å². The molecule has 7 nitrogen and oxygen atoms in total. The van der Waals surface area contributed by atoms with E-state index in [9.17, 15) is 13.6 Å². The topological polar surface area (TPSA) is 74.2 Å². The van der Waals surface area contributed by atoms with Gasteiger partial charge in [-0.2, -0.15) is 5.10 Å². The Bertz CT molecular complexity index is 1340. The first-order chi connectivity index (χ1) is 17.1. The standard InChI is InChI=1S/C26H24F2N6O/c27-22-8-7-19(15-23(22)28)30-25(35)17-33-10-12-34(13-11-33)26-21-6-2-1-5-20(21)24(31-32-26)14-18-4-3-9-29-16-18/h1-9,15-16H,10-14,17H2,(H,30,35). The van der Waals surface area contributed by atoms with Crippen LogP contribution in [0.25, 0.3) is 10.8 Å². The van der Waals surface area contributed by atoms with Crippen molar-refractivity contribution in [2.45, 2.75) is 6.42 Å². The van der Waals surface area contributed by atoms with Gasteiger partial charge in [0, 0.05) is 67.5 Å². The van der Waals surface area contributed by atoms with Crippen molar-refractivity contribution in [2.75, 3.05) is 42.9 Å². The average Bonchev–Trinajstić information content (AvgIpc) is 2.88. The van der Waals surface area contributed by atoms with Gasteiger partial charge in [-0.15, -0.1) is 5.10 Å². The maximum Gasteiger partial charge on any atom is 0.238 e. The van der Waals surface area contributed by atoms with Gasteiger partial charge >= 0.3 is 0 Å². The van der Waals surface area contributed by atoms with E-state index in [0.29, 0.717) is 32.6 Å². The molecule has 2 aromatic heterocycles. The lowest BCUT2D eigenvalue weighted by molar-refractivity contribution is -0.117. The van der Waals surface area contributed by atoms with Crippen LogP contribution in [0.1, 0.15) is 11.3 Å². The fraction of sp³-hybridized carbons (Fsp3) is 0.231. The lowest BCUT2D eigenvalue weighted by Crippen LogP contribution is -2.49. The van der Waals surface area contributed by atoms with Crippen molar-refractivity contribution in [3.05, 3.63) is 89.9 Å². The maximum absolute atomic E-state index is 13.4. The fourth-order valence-corrected chi connectivity index (χ4v) is 4.30. The summed E-state index contributed by atoms with van der Waals surface area (Å²) in [6.45, 7) is 2.89. The van der Waals surface area contributed by atoms with Crippen molar-refractivity contribution < 1.29 is 13.6 Å². The molecule has 4 aromatic rings. The molecule has 0 spiro atoms. The number of aromatic nitrogens is 3. The van der Waals surface area contributed by atoms with Crippen molar-refractivity contribution in [1.82, 2.24) is 20.1 Å². The van der Waals surface area contributed by atoms with Crippen molar-refractivity contribution in [2.24, 2.45) is 0 Å². The molecule has 35 heavy (non-hydrogen) atoms. The Balaban J connectivity index is 1.24. The van der Waals surface area contributed by atoms with Gasteiger partial charge in [0.2, 0.25) is 5.91 Å². The number of anilines is 2. The van der Waals surface area contributed by atoms with Gasteiger partial charge in [0.15, 0.2) is 17.5 Å². The number of amides is 1. The number of benzene rings is 2. The van der Waals surface area contributed by atoms with Crippen LogP contribution in [0.3, 0.4) is 0 Å². The second-order valence-corrected chi connectivity index (χ2v) is 8.49. The molecule has 0 saturated carbocycles. The van der Waals surface area contributed by atoms with Gasteiger partial charge in [0.05, 0.1) is 12.2 Å². The van der Waals surface area contributed by atoms with E-state index >= 15 is 0 Å². The summed E-state index contributed by atoms with van der Waals surface area (Å²) in [5, 5.41) is 13.9. The first kappa shape index (κ1) is 22.8. The number of carbonyl (C=O) groups is 1. The third kappa shape index (κ3) is 5.25. The van der Waals surface area contributed by atoms with Crippen molar-refractivity contribution in [3.63, 3.8) is 0 Å². The monoisotopic (exact) mass is 474 g/mol. The molecule has 0 aliphatic carbocycles. The largest absolute Gasteiger partial charge is 0.352 e. The van der Waals surface area contributed by atoms with Crippen LogP contribution in [0.4, 0.5) is 20.3 Å². The fourth-order valence-electron chi connectivity index (χ4n) is 4.30. The number of piperazine rings is 1. The Morgan fingerprint density at radius 2 is 1.71 bits per heavy atom. The summed E-state index contributed by atoms with van der Waals surface area (Å²) in [6, 6.07) is 15.4. The van der Waals surface area contributed by atoms with Crippen molar-refractivity contribution >= 4 is 28.2 Å². The van der Waals surface area contributed by atoms with E-state index in [1.54, 1.807) is 6.20 Å². The van der Waals surface area contributed by atoms with Crippen molar-refractivity contribution in [1.29, 1.82) is 0 Å². The average molecular weight is 475 g/mol. The number of hydrogen-bond acceptors (Lipinski definition) is 6. The van der Waals surface area contributed by atoms with Crippen LogP contribution >= 0.6 is 0 Å². The number of rotatable bonds is 6. The smallest absolute Gasteiger partial charge is 0.238 e. The summed E-state index contributed by atoms with van der Waals surface area (Å²) >= 11 is 0. The molecule has 0 bridgehead atoms. The molecule has 3 heterocycles. The predicted octanol–water partition coefficient (Wildman–Crippen LogP) is 3.65. The second kappa shape index (κ2) is 10.1. The zero-order valence-corrected chi connectivity index (χ0v) is 19.0. The molecule has 1 fully saturated rings. The maximum atomic E-state index is 13.4. The van der Waals surface area contributed by atoms with E-state index in [4.69, 9.17) is 0 Å². The molecular formula is C26H24F2N6O. The Morgan fingerprint density at radius 3 is 2.46 bits per heavy atom. The van der Waals surface area contributed by atoms with E-state index in [0.717, 1.165) is 40.0 Å². The highest BCUT2D eigenvalue weighted by atomic mass is 19.2. The SMILES string of the molecule is O=C(CN1CCN(c2nnc(Cc3cccnc3)c3ccccc23)CC1)Nc1ccc(F)c(F)c1. The quantitative estimate of drug-likeness (QED) is 0.460. The second-order valence-electron chi connectivity index (χ2n) is 8.49. The molecule has 0 unspecified atom stereocenters. The molecule has 0 radical (unpaired) electrons. The molecule has 1 aliphatic heterocycles. The number of fused-ring (bicyclic) bond motifs is 1.